The van der Waals surface area contributed by atoms with Crippen LogP contribution in [0.4, 0.5) is 5.69 Å². The van der Waals surface area contributed by atoms with E-state index in [-0.39, 0.29) is 19.0 Å². The lowest BCUT2D eigenvalue weighted by atomic mass is 10.1. The van der Waals surface area contributed by atoms with E-state index in [4.69, 9.17) is 0 Å². The summed E-state index contributed by atoms with van der Waals surface area (Å²) in [5.41, 5.74) is 3.96. The van der Waals surface area contributed by atoms with E-state index in [0.29, 0.717) is 12.2 Å². The third kappa shape index (κ3) is 7.32. The quantitative estimate of drug-likeness (QED) is 0.490. The molecule has 1 unspecified atom stereocenters. The van der Waals surface area contributed by atoms with Crippen molar-refractivity contribution in [1.29, 1.82) is 0 Å². The van der Waals surface area contributed by atoms with E-state index in [2.05, 4.69) is 5.32 Å². The first kappa shape index (κ1) is 27.4. The molecule has 0 saturated carbocycles. The molecular weight excluding hydrogens is 450 g/mol. The zero-order valence-electron chi connectivity index (χ0n) is 21.1. The van der Waals surface area contributed by atoms with Gasteiger partial charge in [0.2, 0.25) is 21.8 Å². The molecule has 0 saturated heterocycles. The second-order valence-electron chi connectivity index (χ2n) is 8.84. The molecule has 2 amide bonds. The fourth-order valence-electron chi connectivity index (χ4n) is 3.78. The highest BCUT2D eigenvalue weighted by Gasteiger charge is 2.31. The molecule has 1 atom stereocenters. The van der Waals surface area contributed by atoms with Crippen molar-refractivity contribution < 1.29 is 18.0 Å². The van der Waals surface area contributed by atoms with Crippen molar-refractivity contribution in [2.24, 2.45) is 0 Å². The first-order valence-electron chi connectivity index (χ1n) is 11.6. The van der Waals surface area contributed by atoms with Gasteiger partial charge in [-0.25, -0.2) is 8.42 Å². The smallest absolute Gasteiger partial charge is 0.244 e. The summed E-state index contributed by atoms with van der Waals surface area (Å²) in [4.78, 5) is 27.9. The first-order valence-corrected chi connectivity index (χ1v) is 13.5. The second-order valence-corrected chi connectivity index (χ2v) is 10.7. The maximum Gasteiger partial charge on any atom is 0.244 e. The van der Waals surface area contributed by atoms with Crippen LogP contribution in [0.5, 0.6) is 0 Å². The van der Waals surface area contributed by atoms with Crippen molar-refractivity contribution in [1.82, 2.24) is 10.2 Å². The van der Waals surface area contributed by atoms with Crippen LogP contribution >= 0.6 is 0 Å². The molecule has 0 spiro atoms. The summed E-state index contributed by atoms with van der Waals surface area (Å²) in [6.07, 6.45) is 2.88. The van der Waals surface area contributed by atoms with Gasteiger partial charge in [0.1, 0.15) is 12.6 Å². The summed E-state index contributed by atoms with van der Waals surface area (Å²) in [7, 11) is -3.75. The average molecular weight is 488 g/mol. The Morgan fingerprint density at radius 3 is 2.12 bits per heavy atom. The Hall–Kier alpha value is -2.87. The lowest BCUT2D eigenvalue weighted by Crippen LogP contribution is -2.51. The monoisotopic (exact) mass is 487 g/mol. The lowest BCUT2D eigenvalue weighted by molar-refractivity contribution is -0.139. The summed E-state index contributed by atoms with van der Waals surface area (Å²) in [6.45, 7) is 9.68. The number of nitrogens with one attached hydrogen (secondary N) is 1. The van der Waals surface area contributed by atoms with Crippen molar-refractivity contribution >= 4 is 27.5 Å². The Balaban J connectivity index is 2.39. The van der Waals surface area contributed by atoms with Crippen LogP contribution in [0, 0.1) is 20.8 Å². The molecule has 1 N–H and O–H groups in total. The summed E-state index contributed by atoms with van der Waals surface area (Å²) < 4.78 is 26.6. The molecule has 0 aromatic heterocycles. The van der Waals surface area contributed by atoms with Crippen molar-refractivity contribution in [3.8, 4) is 0 Å². The number of aryl methyl sites for hydroxylation is 3. The summed E-state index contributed by atoms with van der Waals surface area (Å²) in [6, 6.07) is 12.5. The number of hydrogen-bond acceptors (Lipinski definition) is 4. The minimum Gasteiger partial charge on any atom is -0.354 e. The molecule has 2 rings (SSSR count). The fourth-order valence-corrected chi connectivity index (χ4v) is 4.75. The number of carbonyl (C=O) groups is 2. The molecule has 0 aliphatic rings. The average Bonchev–Trinajstić information content (AvgIpc) is 2.76. The van der Waals surface area contributed by atoms with Gasteiger partial charge in [-0.2, -0.15) is 0 Å². The summed E-state index contributed by atoms with van der Waals surface area (Å²) >= 11 is 0. The van der Waals surface area contributed by atoms with E-state index < -0.39 is 22.0 Å². The van der Waals surface area contributed by atoms with Crippen LogP contribution in [0.2, 0.25) is 0 Å². The van der Waals surface area contributed by atoms with Crippen LogP contribution in [0.3, 0.4) is 0 Å². The maximum absolute atomic E-state index is 13.6. The number of benzene rings is 2. The molecule has 8 heteroatoms. The first-order chi connectivity index (χ1) is 16.0. The Kier molecular flexibility index (Phi) is 9.67. The number of sulfonamides is 1. The summed E-state index contributed by atoms with van der Waals surface area (Å²) in [5, 5.41) is 2.88. The maximum atomic E-state index is 13.6. The summed E-state index contributed by atoms with van der Waals surface area (Å²) in [5.74, 6) is -0.696. The van der Waals surface area contributed by atoms with E-state index >= 15 is 0 Å². The Morgan fingerprint density at radius 2 is 1.59 bits per heavy atom. The van der Waals surface area contributed by atoms with Crippen molar-refractivity contribution in [2.75, 3.05) is 23.7 Å². The number of nitrogens with zero attached hydrogens (tertiary/aromatic N) is 2. The molecule has 0 bridgehead atoms. The third-order valence-corrected chi connectivity index (χ3v) is 6.95. The Labute approximate surface area is 204 Å². The van der Waals surface area contributed by atoms with Crippen LogP contribution in [0.1, 0.15) is 48.9 Å². The van der Waals surface area contributed by atoms with E-state index in [1.54, 1.807) is 6.92 Å². The lowest BCUT2D eigenvalue weighted by Gasteiger charge is -2.32. The standard InChI is InChI=1S/C26H37N3O4S/c1-7-8-16-27-26(31)22(5)28(17-23-14-12-19(2)13-15-23)24(30)18-29(34(6,32)33)25-20(3)10-9-11-21(25)4/h9-15,22H,7-8,16-18H2,1-6H3,(H,27,31). The van der Waals surface area contributed by atoms with Crippen LogP contribution in [-0.2, 0) is 26.2 Å². The molecule has 2 aromatic carbocycles. The highest BCUT2D eigenvalue weighted by atomic mass is 32.2. The number of anilines is 1. The highest BCUT2D eigenvalue weighted by Crippen LogP contribution is 2.27. The second kappa shape index (κ2) is 12.0. The van der Waals surface area contributed by atoms with Gasteiger partial charge in [0.15, 0.2) is 0 Å². The third-order valence-electron chi connectivity index (χ3n) is 5.84. The number of amides is 2. The van der Waals surface area contributed by atoms with Gasteiger partial charge in [-0.15, -0.1) is 0 Å². The number of unbranched alkanes of at least 4 members (excludes halogenated alkanes) is 1. The molecule has 0 heterocycles. The number of carbonyl (C=O) groups excluding carboxylic acids is 2. The molecule has 0 aliphatic carbocycles. The molecule has 34 heavy (non-hydrogen) atoms. The molecule has 0 aliphatic heterocycles. The molecule has 7 nitrogen and oxygen atoms in total. The van der Waals surface area contributed by atoms with Gasteiger partial charge >= 0.3 is 0 Å². The van der Waals surface area contributed by atoms with Gasteiger partial charge in [0.25, 0.3) is 0 Å². The molecule has 186 valence electrons. The van der Waals surface area contributed by atoms with E-state index in [0.717, 1.165) is 45.7 Å². The zero-order chi connectivity index (χ0) is 25.5. The van der Waals surface area contributed by atoms with Crippen molar-refractivity contribution in [3.05, 3.63) is 64.7 Å². The SMILES string of the molecule is CCCCNC(=O)C(C)N(Cc1ccc(C)cc1)C(=O)CN(c1c(C)cccc1C)S(C)(=O)=O. The van der Waals surface area contributed by atoms with Gasteiger partial charge in [0.05, 0.1) is 11.9 Å². The minimum absolute atomic E-state index is 0.200. The number of para-hydroxylation sites is 1. The number of hydrogen-bond donors (Lipinski definition) is 1. The predicted molar refractivity (Wildman–Crippen MR) is 137 cm³/mol. The predicted octanol–water partition coefficient (Wildman–Crippen LogP) is 3.71. The Morgan fingerprint density at radius 1 is 1.00 bits per heavy atom. The molecular formula is C26H37N3O4S. The largest absolute Gasteiger partial charge is 0.354 e. The fraction of sp³-hybridized carbons (Fsp3) is 0.462. The van der Waals surface area contributed by atoms with E-state index in [9.17, 15) is 18.0 Å². The van der Waals surface area contributed by atoms with Crippen LogP contribution < -0.4 is 9.62 Å². The van der Waals surface area contributed by atoms with Gasteiger partial charge in [0, 0.05) is 13.1 Å². The normalized spacial score (nSPS) is 12.2. The van der Waals surface area contributed by atoms with E-state index in [1.165, 1.54) is 4.90 Å². The number of rotatable bonds is 11. The molecule has 0 radical (unpaired) electrons. The van der Waals surface area contributed by atoms with Crippen molar-refractivity contribution in [3.63, 3.8) is 0 Å². The highest BCUT2D eigenvalue weighted by molar-refractivity contribution is 7.92. The van der Waals surface area contributed by atoms with Crippen LogP contribution in [-0.4, -0.2) is 50.5 Å². The van der Waals surface area contributed by atoms with Gasteiger partial charge in [-0.1, -0.05) is 61.4 Å². The van der Waals surface area contributed by atoms with Gasteiger partial charge in [-0.3, -0.25) is 13.9 Å². The molecule has 2 aromatic rings. The van der Waals surface area contributed by atoms with E-state index in [1.807, 2.05) is 70.2 Å². The van der Waals surface area contributed by atoms with Crippen LogP contribution in [0.25, 0.3) is 0 Å². The Bertz CT molecular complexity index is 1080. The molecule has 0 fully saturated rings. The minimum atomic E-state index is -3.75. The van der Waals surface area contributed by atoms with Crippen molar-refractivity contribution in [2.45, 2.75) is 60.0 Å². The zero-order valence-corrected chi connectivity index (χ0v) is 21.9. The van der Waals surface area contributed by atoms with Gasteiger partial charge < -0.3 is 10.2 Å². The van der Waals surface area contributed by atoms with Crippen LogP contribution in [0.15, 0.2) is 42.5 Å². The topological polar surface area (TPSA) is 86.8 Å². The van der Waals surface area contributed by atoms with Gasteiger partial charge in [-0.05, 0) is 50.8 Å².